The molecule has 1 unspecified atom stereocenters. The van der Waals surface area contributed by atoms with E-state index in [9.17, 15) is 0 Å². The van der Waals surface area contributed by atoms with Crippen LogP contribution in [-0.2, 0) is 4.74 Å². The van der Waals surface area contributed by atoms with Crippen molar-refractivity contribution in [1.82, 2.24) is 14.7 Å². The van der Waals surface area contributed by atoms with E-state index in [0.29, 0.717) is 6.61 Å². The summed E-state index contributed by atoms with van der Waals surface area (Å²) in [6.07, 6.45) is 1.65. The minimum atomic E-state index is 0.178. The number of ether oxygens (including phenoxy) is 1. The minimum absolute atomic E-state index is 0.178. The molecule has 0 amide bonds. The Bertz CT molecular complexity index is 730. The summed E-state index contributed by atoms with van der Waals surface area (Å²) in [5.74, 6) is 0.870. The van der Waals surface area contributed by atoms with E-state index in [-0.39, 0.29) is 6.04 Å². The molecule has 5 nitrogen and oxygen atoms in total. The van der Waals surface area contributed by atoms with Crippen LogP contribution in [0.2, 0.25) is 0 Å². The number of imidazole rings is 1. The number of para-hydroxylation sites is 2. The summed E-state index contributed by atoms with van der Waals surface area (Å²) < 4.78 is 12.5. The lowest BCUT2D eigenvalue weighted by molar-refractivity contribution is 0.164. The molecule has 2 aromatic heterocycles. The molecular weight excluding hydrogens is 254 g/mol. The molecule has 0 fully saturated rings. The summed E-state index contributed by atoms with van der Waals surface area (Å²) in [7, 11) is 1.71. The number of aromatic nitrogens is 3. The number of hydrogen-bond acceptors (Lipinski definition) is 4. The smallest absolute Gasteiger partial charge is 0.146 e. The Balaban J connectivity index is 2.25. The highest BCUT2D eigenvalue weighted by Gasteiger charge is 2.19. The van der Waals surface area contributed by atoms with Gasteiger partial charge in [-0.1, -0.05) is 17.3 Å². The van der Waals surface area contributed by atoms with Crippen LogP contribution in [0.15, 0.2) is 35.1 Å². The molecular formula is C15H17N3O2. The Kier molecular flexibility index (Phi) is 3.28. The quantitative estimate of drug-likeness (QED) is 0.731. The van der Waals surface area contributed by atoms with Gasteiger partial charge in [-0.3, -0.25) is 0 Å². The van der Waals surface area contributed by atoms with Gasteiger partial charge in [0.15, 0.2) is 0 Å². The molecule has 0 radical (unpaired) electrons. The number of hydrogen-bond donors (Lipinski definition) is 0. The topological polar surface area (TPSA) is 53.1 Å². The average molecular weight is 271 g/mol. The molecule has 0 aliphatic carbocycles. The zero-order chi connectivity index (χ0) is 14.1. The molecule has 0 bridgehead atoms. The summed E-state index contributed by atoms with van der Waals surface area (Å²) in [5.41, 5.74) is 3.81. The van der Waals surface area contributed by atoms with Crippen LogP contribution >= 0.6 is 0 Å². The third-order valence-corrected chi connectivity index (χ3v) is 3.44. The van der Waals surface area contributed by atoms with Crippen molar-refractivity contribution in [3.8, 4) is 11.4 Å². The lowest BCUT2D eigenvalue weighted by Gasteiger charge is -2.16. The van der Waals surface area contributed by atoms with Gasteiger partial charge in [0.2, 0.25) is 0 Å². The van der Waals surface area contributed by atoms with Crippen molar-refractivity contribution in [1.29, 1.82) is 0 Å². The van der Waals surface area contributed by atoms with Crippen LogP contribution in [0.4, 0.5) is 0 Å². The second-order valence-corrected chi connectivity index (χ2v) is 4.91. The van der Waals surface area contributed by atoms with Gasteiger partial charge in [0.1, 0.15) is 12.1 Å². The fourth-order valence-electron chi connectivity index (χ4n) is 2.50. The number of methoxy groups -OCH3 is 1. The largest absolute Gasteiger partial charge is 0.383 e. The second-order valence-electron chi connectivity index (χ2n) is 4.91. The lowest BCUT2D eigenvalue weighted by atomic mass is 10.2. The van der Waals surface area contributed by atoms with Crippen LogP contribution in [0, 0.1) is 6.92 Å². The highest BCUT2D eigenvalue weighted by atomic mass is 16.5. The predicted molar refractivity (Wildman–Crippen MR) is 76.6 cm³/mol. The molecule has 0 aliphatic heterocycles. The summed E-state index contributed by atoms with van der Waals surface area (Å²) in [5, 5.41) is 3.95. The molecule has 1 atom stereocenters. The van der Waals surface area contributed by atoms with Gasteiger partial charge in [-0.25, -0.2) is 4.98 Å². The van der Waals surface area contributed by atoms with Gasteiger partial charge in [0.25, 0.3) is 0 Å². The molecule has 3 aromatic rings. The highest BCUT2D eigenvalue weighted by molar-refractivity contribution is 5.81. The van der Waals surface area contributed by atoms with Crippen LogP contribution in [-0.4, -0.2) is 28.4 Å². The zero-order valence-electron chi connectivity index (χ0n) is 11.8. The van der Waals surface area contributed by atoms with Crippen LogP contribution in [0.3, 0.4) is 0 Å². The van der Waals surface area contributed by atoms with Crippen molar-refractivity contribution in [2.24, 2.45) is 0 Å². The Labute approximate surface area is 117 Å². The normalized spacial score (nSPS) is 12.9. The van der Waals surface area contributed by atoms with Gasteiger partial charge >= 0.3 is 0 Å². The van der Waals surface area contributed by atoms with Crippen LogP contribution < -0.4 is 0 Å². The highest BCUT2D eigenvalue weighted by Crippen LogP contribution is 2.29. The van der Waals surface area contributed by atoms with E-state index in [4.69, 9.17) is 14.2 Å². The van der Waals surface area contributed by atoms with Crippen molar-refractivity contribution >= 4 is 11.0 Å². The van der Waals surface area contributed by atoms with E-state index in [1.165, 1.54) is 0 Å². The first-order chi connectivity index (χ1) is 9.72. The molecule has 3 rings (SSSR count). The standard InChI is InChI=1S/C15H17N3O2/c1-10(8-19-3)18-14-7-5-4-6-13(14)16-15(18)12-9-20-17-11(12)2/h4-7,9-10H,8H2,1-3H3. The second kappa shape index (κ2) is 5.09. The first-order valence-electron chi connectivity index (χ1n) is 6.59. The van der Waals surface area contributed by atoms with Gasteiger partial charge in [0.05, 0.1) is 34.9 Å². The summed E-state index contributed by atoms with van der Waals surface area (Å²) in [6, 6.07) is 8.27. The molecule has 5 heteroatoms. The molecule has 0 saturated carbocycles. The predicted octanol–water partition coefficient (Wildman–Crippen LogP) is 3.21. The molecule has 0 spiro atoms. The molecule has 0 aliphatic rings. The number of benzene rings is 1. The number of nitrogens with zero attached hydrogens (tertiary/aromatic N) is 3. The maximum absolute atomic E-state index is 5.29. The van der Waals surface area contributed by atoms with Crippen LogP contribution in [0.5, 0.6) is 0 Å². The lowest BCUT2D eigenvalue weighted by Crippen LogP contribution is -2.12. The van der Waals surface area contributed by atoms with E-state index >= 15 is 0 Å². The maximum atomic E-state index is 5.29. The Morgan fingerprint density at radius 3 is 2.85 bits per heavy atom. The minimum Gasteiger partial charge on any atom is -0.383 e. The monoisotopic (exact) mass is 271 g/mol. The van der Waals surface area contributed by atoms with Gasteiger partial charge in [0, 0.05) is 7.11 Å². The number of rotatable bonds is 4. The van der Waals surface area contributed by atoms with Crippen molar-refractivity contribution in [3.05, 3.63) is 36.2 Å². The third kappa shape index (κ3) is 2.00. The Morgan fingerprint density at radius 2 is 2.15 bits per heavy atom. The molecule has 20 heavy (non-hydrogen) atoms. The van der Waals surface area contributed by atoms with Gasteiger partial charge in [-0.2, -0.15) is 0 Å². The third-order valence-electron chi connectivity index (χ3n) is 3.44. The molecule has 2 heterocycles. The van der Waals surface area contributed by atoms with Gasteiger partial charge in [-0.15, -0.1) is 0 Å². The summed E-state index contributed by atoms with van der Waals surface area (Å²) in [4.78, 5) is 4.73. The van der Waals surface area contributed by atoms with E-state index in [0.717, 1.165) is 28.1 Å². The average Bonchev–Trinajstić information content (AvgIpc) is 3.01. The van der Waals surface area contributed by atoms with Crippen LogP contribution in [0.1, 0.15) is 18.7 Å². The fourth-order valence-corrected chi connectivity index (χ4v) is 2.50. The Hall–Kier alpha value is -2.14. The van der Waals surface area contributed by atoms with Crippen molar-refractivity contribution < 1.29 is 9.26 Å². The first-order valence-corrected chi connectivity index (χ1v) is 6.59. The molecule has 0 N–H and O–H groups in total. The van der Waals surface area contributed by atoms with E-state index in [1.807, 2.05) is 25.1 Å². The van der Waals surface area contributed by atoms with Crippen molar-refractivity contribution in [3.63, 3.8) is 0 Å². The van der Waals surface area contributed by atoms with Gasteiger partial charge < -0.3 is 13.8 Å². The fraction of sp³-hybridized carbons (Fsp3) is 0.333. The summed E-state index contributed by atoms with van der Waals surface area (Å²) in [6.45, 7) is 4.66. The van der Waals surface area contributed by atoms with Crippen molar-refractivity contribution in [2.45, 2.75) is 19.9 Å². The number of aryl methyl sites for hydroxylation is 1. The van der Waals surface area contributed by atoms with E-state index < -0.39 is 0 Å². The summed E-state index contributed by atoms with van der Waals surface area (Å²) >= 11 is 0. The molecule has 0 saturated heterocycles. The van der Waals surface area contributed by atoms with Crippen molar-refractivity contribution in [2.75, 3.05) is 13.7 Å². The van der Waals surface area contributed by atoms with E-state index in [1.54, 1.807) is 13.4 Å². The SMILES string of the molecule is COCC(C)n1c(-c2conc2C)nc2ccccc21. The first kappa shape index (κ1) is 12.9. The Morgan fingerprint density at radius 1 is 1.35 bits per heavy atom. The van der Waals surface area contributed by atoms with E-state index in [2.05, 4.69) is 22.7 Å². The molecule has 1 aromatic carbocycles. The zero-order valence-corrected chi connectivity index (χ0v) is 11.8. The van der Waals surface area contributed by atoms with Gasteiger partial charge in [-0.05, 0) is 26.0 Å². The number of fused-ring (bicyclic) bond motifs is 1. The van der Waals surface area contributed by atoms with Crippen LogP contribution in [0.25, 0.3) is 22.4 Å². The maximum Gasteiger partial charge on any atom is 0.146 e. The molecule has 104 valence electrons.